The van der Waals surface area contributed by atoms with Crippen LogP contribution in [0, 0.1) is 19.7 Å². The Kier molecular flexibility index (Phi) is 5.68. The molecule has 0 fully saturated rings. The van der Waals surface area contributed by atoms with E-state index in [1.54, 1.807) is 17.7 Å². The highest BCUT2D eigenvalue weighted by Gasteiger charge is 2.17. The van der Waals surface area contributed by atoms with Crippen LogP contribution in [-0.4, -0.2) is 23.1 Å². The third kappa shape index (κ3) is 3.75. The van der Waals surface area contributed by atoms with Crippen LogP contribution in [0.5, 0.6) is 0 Å². The molecule has 2 aromatic carbocycles. The number of thiophene rings is 1. The molecule has 4 rings (SSSR count). The highest BCUT2D eigenvalue weighted by Crippen LogP contribution is 2.41. The lowest BCUT2D eigenvalue weighted by Crippen LogP contribution is -2.21. The van der Waals surface area contributed by atoms with Gasteiger partial charge in [-0.05, 0) is 69.2 Å². The molecule has 2 heterocycles. The van der Waals surface area contributed by atoms with Gasteiger partial charge in [0.1, 0.15) is 22.8 Å². The molecule has 0 bridgehead atoms. The Bertz CT molecular complexity index is 1180. The Morgan fingerprint density at radius 2 is 1.73 bits per heavy atom. The predicted molar refractivity (Wildman–Crippen MR) is 126 cm³/mol. The molecule has 0 saturated carbocycles. The summed E-state index contributed by atoms with van der Waals surface area (Å²) in [4.78, 5) is 13.4. The van der Waals surface area contributed by atoms with Crippen LogP contribution in [0.2, 0.25) is 0 Å². The van der Waals surface area contributed by atoms with E-state index >= 15 is 0 Å². The van der Waals surface area contributed by atoms with E-state index in [4.69, 9.17) is 0 Å². The Balaban J connectivity index is 1.78. The van der Waals surface area contributed by atoms with E-state index in [0.717, 1.165) is 56.4 Å². The minimum atomic E-state index is -0.241. The number of halogens is 1. The summed E-state index contributed by atoms with van der Waals surface area (Å²) in [6.07, 6.45) is 1.59. The maximum absolute atomic E-state index is 13.5. The highest BCUT2D eigenvalue weighted by molar-refractivity contribution is 7.19. The van der Waals surface area contributed by atoms with E-state index in [1.807, 2.05) is 12.1 Å². The van der Waals surface area contributed by atoms with Gasteiger partial charge >= 0.3 is 0 Å². The largest absolute Gasteiger partial charge is 0.372 e. The summed E-state index contributed by atoms with van der Waals surface area (Å²) < 4.78 is 13.5. The number of nitrogens with zero attached hydrogens (tertiary/aromatic N) is 3. The summed E-state index contributed by atoms with van der Waals surface area (Å²) in [7, 11) is 0. The lowest BCUT2D eigenvalue weighted by Gasteiger charge is -2.22. The zero-order valence-electron chi connectivity index (χ0n) is 17.7. The fraction of sp³-hybridized carbons (Fsp3) is 0.250. The molecule has 154 valence electrons. The van der Waals surface area contributed by atoms with Gasteiger partial charge in [-0.25, -0.2) is 14.4 Å². The molecule has 0 saturated heterocycles. The summed E-state index contributed by atoms with van der Waals surface area (Å²) in [5, 5.41) is 4.49. The van der Waals surface area contributed by atoms with Crippen molar-refractivity contribution in [3.05, 3.63) is 65.0 Å². The number of benzene rings is 2. The van der Waals surface area contributed by atoms with Crippen LogP contribution in [0.4, 0.5) is 21.6 Å². The van der Waals surface area contributed by atoms with Crippen LogP contribution in [0.1, 0.15) is 24.3 Å². The van der Waals surface area contributed by atoms with Gasteiger partial charge < -0.3 is 10.2 Å². The molecule has 0 aliphatic rings. The van der Waals surface area contributed by atoms with E-state index in [-0.39, 0.29) is 5.82 Å². The zero-order valence-corrected chi connectivity index (χ0v) is 18.5. The van der Waals surface area contributed by atoms with Gasteiger partial charge in [-0.15, -0.1) is 11.3 Å². The number of fused-ring (bicyclic) bond motifs is 1. The van der Waals surface area contributed by atoms with E-state index < -0.39 is 0 Å². The minimum absolute atomic E-state index is 0.241. The van der Waals surface area contributed by atoms with Gasteiger partial charge in [-0.1, -0.05) is 12.1 Å². The maximum Gasteiger partial charge on any atom is 0.143 e. The smallest absolute Gasteiger partial charge is 0.143 e. The van der Waals surface area contributed by atoms with E-state index in [2.05, 4.69) is 66.1 Å². The number of rotatable bonds is 6. The average molecular weight is 421 g/mol. The average Bonchev–Trinajstić information content (AvgIpc) is 3.08. The molecule has 0 radical (unpaired) electrons. The number of hydrogen-bond acceptors (Lipinski definition) is 5. The van der Waals surface area contributed by atoms with Crippen molar-refractivity contribution in [3.63, 3.8) is 0 Å². The molecular weight excluding hydrogens is 395 g/mol. The Morgan fingerprint density at radius 3 is 2.40 bits per heavy atom. The molecule has 0 aliphatic carbocycles. The zero-order chi connectivity index (χ0) is 21.3. The van der Waals surface area contributed by atoms with Gasteiger partial charge in [0.2, 0.25) is 0 Å². The molecular formula is C24H25FN4S. The molecule has 1 N–H and O–H groups in total. The molecule has 0 atom stereocenters. The van der Waals surface area contributed by atoms with Crippen LogP contribution in [0.15, 0.2) is 48.8 Å². The lowest BCUT2D eigenvalue weighted by atomic mass is 10.0. The monoisotopic (exact) mass is 420 g/mol. The van der Waals surface area contributed by atoms with Crippen LogP contribution in [0.3, 0.4) is 0 Å². The molecule has 0 aliphatic heterocycles. The van der Waals surface area contributed by atoms with Crippen molar-refractivity contribution in [2.45, 2.75) is 27.7 Å². The summed E-state index contributed by atoms with van der Waals surface area (Å²) in [5.74, 6) is 0.525. The normalized spacial score (nSPS) is 11.1. The van der Waals surface area contributed by atoms with Gasteiger partial charge in [0.05, 0.1) is 5.39 Å². The fourth-order valence-corrected chi connectivity index (χ4v) is 4.82. The SMILES string of the molecule is CCN(CC)c1ccc(Nc2ncnc3sc(C)c(-c4ccc(F)cc4)c23)c(C)c1. The number of aromatic nitrogens is 2. The van der Waals surface area contributed by atoms with Gasteiger partial charge in [-0.3, -0.25) is 0 Å². The van der Waals surface area contributed by atoms with Gasteiger partial charge in [0.25, 0.3) is 0 Å². The van der Waals surface area contributed by atoms with Crippen molar-refractivity contribution in [2.24, 2.45) is 0 Å². The van der Waals surface area contributed by atoms with Crippen LogP contribution >= 0.6 is 11.3 Å². The molecule has 2 aromatic heterocycles. The Labute approximate surface area is 180 Å². The Morgan fingerprint density at radius 1 is 1.00 bits per heavy atom. The lowest BCUT2D eigenvalue weighted by molar-refractivity contribution is 0.628. The number of nitrogens with one attached hydrogen (secondary N) is 1. The predicted octanol–water partition coefficient (Wildman–Crippen LogP) is 6.70. The first-order valence-electron chi connectivity index (χ1n) is 10.1. The van der Waals surface area contributed by atoms with Gasteiger partial charge in [-0.2, -0.15) is 0 Å². The third-order valence-corrected chi connectivity index (χ3v) is 6.40. The number of aryl methyl sites for hydroxylation is 2. The number of anilines is 3. The molecule has 6 heteroatoms. The van der Waals surface area contributed by atoms with E-state index in [0.29, 0.717) is 0 Å². The van der Waals surface area contributed by atoms with Crippen molar-refractivity contribution in [2.75, 3.05) is 23.3 Å². The highest BCUT2D eigenvalue weighted by atomic mass is 32.1. The van der Waals surface area contributed by atoms with Crippen molar-refractivity contribution in [1.82, 2.24) is 9.97 Å². The maximum atomic E-state index is 13.5. The van der Waals surface area contributed by atoms with Gasteiger partial charge in [0, 0.05) is 34.9 Å². The summed E-state index contributed by atoms with van der Waals surface area (Å²) in [5.41, 5.74) is 5.40. The quantitative estimate of drug-likeness (QED) is 0.377. The second-order valence-corrected chi connectivity index (χ2v) is 8.44. The summed E-state index contributed by atoms with van der Waals surface area (Å²) >= 11 is 1.63. The fourth-order valence-electron chi connectivity index (χ4n) is 3.80. The minimum Gasteiger partial charge on any atom is -0.372 e. The molecule has 4 aromatic rings. The molecule has 30 heavy (non-hydrogen) atoms. The van der Waals surface area contributed by atoms with E-state index in [1.165, 1.54) is 17.8 Å². The summed E-state index contributed by atoms with van der Waals surface area (Å²) in [6, 6.07) is 13.0. The van der Waals surface area contributed by atoms with Crippen molar-refractivity contribution in [3.8, 4) is 11.1 Å². The van der Waals surface area contributed by atoms with Crippen molar-refractivity contribution in [1.29, 1.82) is 0 Å². The van der Waals surface area contributed by atoms with Crippen molar-refractivity contribution >= 4 is 38.7 Å². The van der Waals surface area contributed by atoms with E-state index in [9.17, 15) is 4.39 Å². The third-order valence-electron chi connectivity index (χ3n) is 5.39. The molecule has 0 unspecified atom stereocenters. The molecule has 0 amide bonds. The first-order valence-corrected chi connectivity index (χ1v) is 11.0. The summed E-state index contributed by atoms with van der Waals surface area (Å²) in [6.45, 7) is 10.5. The Hall–Kier alpha value is -2.99. The van der Waals surface area contributed by atoms with Crippen LogP contribution in [0.25, 0.3) is 21.3 Å². The van der Waals surface area contributed by atoms with Crippen LogP contribution < -0.4 is 10.2 Å². The first-order chi connectivity index (χ1) is 14.5. The van der Waals surface area contributed by atoms with Gasteiger partial charge in [0.15, 0.2) is 0 Å². The second kappa shape index (κ2) is 8.40. The van der Waals surface area contributed by atoms with Crippen molar-refractivity contribution < 1.29 is 4.39 Å². The van der Waals surface area contributed by atoms with Crippen LogP contribution in [-0.2, 0) is 0 Å². The topological polar surface area (TPSA) is 41.0 Å². The molecule has 0 spiro atoms. The molecule has 4 nitrogen and oxygen atoms in total. The standard InChI is InChI=1S/C24H25FN4S/c1-5-29(6-2)19-11-12-20(15(3)13-19)28-23-22-21(17-7-9-18(25)10-8-17)16(4)30-24(22)27-14-26-23/h7-14H,5-6H2,1-4H3,(H,26,27,28). The second-order valence-electron chi connectivity index (χ2n) is 7.24. The number of hydrogen-bond donors (Lipinski definition) is 1. The first kappa shape index (κ1) is 20.3.